The number of amides is 2. The molecule has 0 aliphatic carbocycles. The predicted octanol–water partition coefficient (Wildman–Crippen LogP) is 1.20. The lowest BCUT2D eigenvalue weighted by Crippen LogP contribution is -2.56. The molecule has 1 fully saturated rings. The lowest BCUT2D eigenvalue weighted by Gasteiger charge is -2.31. The Bertz CT molecular complexity index is 519. The highest BCUT2D eigenvalue weighted by Crippen LogP contribution is 2.28. The first-order valence-corrected chi connectivity index (χ1v) is 6.30. The molecule has 0 spiro atoms. The fourth-order valence-corrected chi connectivity index (χ4v) is 2.31. The molecular formula is C13H15ClN2O3. The normalized spacial score (nSPS) is 19.3. The first-order chi connectivity index (χ1) is 9.02. The lowest BCUT2D eigenvalue weighted by molar-refractivity contribution is -0.144. The van der Waals surface area contributed by atoms with Gasteiger partial charge in [-0.2, -0.15) is 0 Å². The van der Waals surface area contributed by atoms with E-state index >= 15 is 0 Å². The zero-order chi connectivity index (χ0) is 14.0. The molecule has 5 nitrogen and oxygen atoms in total. The van der Waals surface area contributed by atoms with E-state index in [1.807, 2.05) is 0 Å². The summed E-state index contributed by atoms with van der Waals surface area (Å²) in [5.74, 6) is 0.318. The number of hydrogen-bond donors (Lipinski definition) is 1. The van der Waals surface area contributed by atoms with E-state index in [9.17, 15) is 9.59 Å². The quantitative estimate of drug-likeness (QED) is 0.906. The SMILES string of the molecule is COc1cccc(Cl)c1CN1CC(=O)NC(C)C1=O. The molecule has 1 unspecified atom stereocenters. The molecule has 1 aliphatic heterocycles. The van der Waals surface area contributed by atoms with Crippen LogP contribution in [0.2, 0.25) is 5.02 Å². The Labute approximate surface area is 116 Å². The van der Waals surface area contributed by atoms with Gasteiger partial charge in [0, 0.05) is 10.6 Å². The molecule has 2 amide bonds. The second kappa shape index (κ2) is 5.48. The summed E-state index contributed by atoms with van der Waals surface area (Å²) in [6.07, 6.45) is 0. The van der Waals surface area contributed by atoms with Gasteiger partial charge in [0.15, 0.2) is 0 Å². The zero-order valence-electron chi connectivity index (χ0n) is 10.8. The third-order valence-electron chi connectivity index (χ3n) is 3.04. The molecule has 0 bridgehead atoms. The summed E-state index contributed by atoms with van der Waals surface area (Å²) in [4.78, 5) is 25.0. The predicted molar refractivity (Wildman–Crippen MR) is 71.0 cm³/mol. The molecule has 0 aromatic heterocycles. The summed E-state index contributed by atoms with van der Waals surface area (Å²) in [6, 6.07) is 4.78. The van der Waals surface area contributed by atoms with Crippen LogP contribution in [0.5, 0.6) is 5.75 Å². The fourth-order valence-electron chi connectivity index (χ4n) is 2.08. The van der Waals surface area contributed by atoms with Gasteiger partial charge in [-0.3, -0.25) is 9.59 Å². The van der Waals surface area contributed by atoms with E-state index < -0.39 is 6.04 Å². The van der Waals surface area contributed by atoms with Gasteiger partial charge in [-0.25, -0.2) is 0 Å². The summed E-state index contributed by atoms with van der Waals surface area (Å²) in [5, 5.41) is 3.11. The van der Waals surface area contributed by atoms with E-state index in [4.69, 9.17) is 16.3 Å². The zero-order valence-corrected chi connectivity index (χ0v) is 11.5. The van der Waals surface area contributed by atoms with Gasteiger partial charge in [-0.05, 0) is 19.1 Å². The highest BCUT2D eigenvalue weighted by Gasteiger charge is 2.30. The van der Waals surface area contributed by atoms with E-state index in [1.54, 1.807) is 32.2 Å². The van der Waals surface area contributed by atoms with Crippen LogP contribution in [0.3, 0.4) is 0 Å². The number of piperazine rings is 1. The number of rotatable bonds is 3. The number of hydrogen-bond acceptors (Lipinski definition) is 3. The largest absolute Gasteiger partial charge is 0.496 e. The van der Waals surface area contributed by atoms with Crippen molar-refractivity contribution in [1.82, 2.24) is 10.2 Å². The Kier molecular flexibility index (Phi) is 3.95. The van der Waals surface area contributed by atoms with Crippen LogP contribution in [0.25, 0.3) is 0 Å². The van der Waals surface area contributed by atoms with Crippen LogP contribution < -0.4 is 10.1 Å². The maximum absolute atomic E-state index is 12.0. The minimum Gasteiger partial charge on any atom is -0.496 e. The third-order valence-corrected chi connectivity index (χ3v) is 3.39. The van der Waals surface area contributed by atoms with E-state index in [1.165, 1.54) is 4.90 Å². The monoisotopic (exact) mass is 282 g/mol. The van der Waals surface area contributed by atoms with Crippen molar-refractivity contribution in [3.63, 3.8) is 0 Å². The van der Waals surface area contributed by atoms with Gasteiger partial charge in [-0.15, -0.1) is 0 Å². The average molecular weight is 283 g/mol. The van der Waals surface area contributed by atoms with Gasteiger partial charge >= 0.3 is 0 Å². The van der Waals surface area contributed by atoms with Crippen molar-refractivity contribution in [3.8, 4) is 5.75 Å². The van der Waals surface area contributed by atoms with Crippen molar-refractivity contribution in [2.45, 2.75) is 19.5 Å². The lowest BCUT2D eigenvalue weighted by atomic mass is 10.1. The Morgan fingerprint density at radius 3 is 2.89 bits per heavy atom. The van der Waals surface area contributed by atoms with Crippen LogP contribution in [0.15, 0.2) is 18.2 Å². The number of halogens is 1. The summed E-state index contributed by atoms with van der Waals surface area (Å²) < 4.78 is 5.23. The second-order valence-corrected chi connectivity index (χ2v) is 4.81. The van der Waals surface area contributed by atoms with E-state index in [2.05, 4.69) is 5.32 Å². The Morgan fingerprint density at radius 2 is 2.21 bits per heavy atom. The smallest absolute Gasteiger partial charge is 0.245 e. The molecule has 1 N–H and O–H groups in total. The molecule has 102 valence electrons. The van der Waals surface area contributed by atoms with Crippen LogP contribution in [0.1, 0.15) is 12.5 Å². The number of nitrogens with zero attached hydrogens (tertiary/aromatic N) is 1. The van der Waals surface area contributed by atoms with Gasteiger partial charge in [0.05, 0.1) is 20.2 Å². The van der Waals surface area contributed by atoms with Crippen molar-refractivity contribution in [2.75, 3.05) is 13.7 Å². The molecule has 1 aromatic rings. The van der Waals surface area contributed by atoms with Crippen LogP contribution in [0, 0.1) is 0 Å². The van der Waals surface area contributed by atoms with E-state index in [-0.39, 0.29) is 24.9 Å². The molecule has 1 saturated heterocycles. The minimum absolute atomic E-state index is 0.0392. The van der Waals surface area contributed by atoms with Crippen LogP contribution >= 0.6 is 11.6 Å². The molecule has 0 radical (unpaired) electrons. The van der Waals surface area contributed by atoms with Crippen LogP contribution in [-0.2, 0) is 16.1 Å². The highest BCUT2D eigenvalue weighted by atomic mass is 35.5. The van der Waals surface area contributed by atoms with Crippen molar-refractivity contribution in [2.24, 2.45) is 0 Å². The summed E-state index contributed by atoms with van der Waals surface area (Å²) in [6.45, 7) is 1.97. The van der Waals surface area contributed by atoms with Gasteiger partial charge in [0.1, 0.15) is 11.8 Å². The van der Waals surface area contributed by atoms with Gasteiger partial charge < -0.3 is 15.0 Å². The van der Waals surface area contributed by atoms with Crippen molar-refractivity contribution in [1.29, 1.82) is 0 Å². The number of benzene rings is 1. The molecule has 1 heterocycles. The van der Waals surface area contributed by atoms with E-state index in [0.717, 1.165) is 0 Å². The van der Waals surface area contributed by atoms with Crippen molar-refractivity contribution in [3.05, 3.63) is 28.8 Å². The first-order valence-electron chi connectivity index (χ1n) is 5.92. The van der Waals surface area contributed by atoms with Gasteiger partial charge in [0.2, 0.25) is 11.8 Å². The van der Waals surface area contributed by atoms with E-state index in [0.29, 0.717) is 16.3 Å². The van der Waals surface area contributed by atoms with Crippen LogP contribution in [-0.4, -0.2) is 36.4 Å². The number of nitrogens with one attached hydrogen (secondary N) is 1. The molecule has 0 saturated carbocycles. The van der Waals surface area contributed by atoms with Crippen molar-refractivity contribution >= 4 is 23.4 Å². The van der Waals surface area contributed by atoms with Crippen molar-refractivity contribution < 1.29 is 14.3 Å². The number of methoxy groups -OCH3 is 1. The number of carbonyl (C=O) groups is 2. The molecular weight excluding hydrogens is 268 g/mol. The number of carbonyl (C=O) groups excluding carboxylic acids is 2. The average Bonchev–Trinajstić information content (AvgIpc) is 2.37. The minimum atomic E-state index is -0.505. The first kappa shape index (κ1) is 13.7. The Balaban J connectivity index is 2.25. The third kappa shape index (κ3) is 2.81. The van der Waals surface area contributed by atoms with Gasteiger partial charge in [-0.1, -0.05) is 17.7 Å². The summed E-state index contributed by atoms with van der Waals surface area (Å²) in [7, 11) is 1.54. The fraction of sp³-hybridized carbons (Fsp3) is 0.385. The Morgan fingerprint density at radius 1 is 1.47 bits per heavy atom. The second-order valence-electron chi connectivity index (χ2n) is 4.40. The van der Waals surface area contributed by atoms with Crippen LogP contribution in [0.4, 0.5) is 0 Å². The summed E-state index contributed by atoms with van der Waals surface area (Å²) >= 11 is 6.13. The number of ether oxygens (including phenoxy) is 1. The Hall–Kier alpha value is -1.75. The molecule has 1 aromatic carbocycles. The maximum Gasteiger partial charge on any atom is 0.245 e. The molecule has 1 atom stereocenters. The maximum atomic E-state index is 12.0. The standard InChI is InChI=1S/C13H15ClN2O3/c1-8-13(18)16(7-12(17)15-8)6-9-10(14)4-3-5-11(9)19-2/h3-5,8H,6-7H2,1-2H3,(H,15,17). The molecule has 1 aliphatic rings. The van der Waals surface area contributed by atoms with Gasteiger partial charge in [0.25, 0.3) is 0 Å². The molecule has 6 heteroatoms. The summed E-state index contributed by atoms with van der Waals surface area (Å²) in [5.41, 5.74) is 0.710. The molecule has 2 rings (SSSR count). The highest BCUT2D eigenvalue weighted by molar-refractivity contribution is 6.31. The molecule has 19 heavy (non-hydrogen) atoms. The topological polar surface area (TPSA) is 58.6 Å².